The number of esters is 1. The maximum Gasteiger partial charge on any atom is 0.341 e. The van der Waals surface area contributed by atoms with Crippen LogP contribution in [0.4, 0.5) is 0 Å². The molecule has 0 unspecified atom stereocenters. The summed E-state index contributed by atoms with van der Waals surface area (Å²) in [4.78, 5) is 11.3. The van der Waals surface area contributed by atoms with Crippen LogP contribution in [0.5, 0.6) is 0 Å². The Bertz CT molecular complexity index is 345. The maximum absolute atomic E-state index is 11.3. The Morgan fingerprint density at radius 1 is 1.29 bits per heavy atom. The van der Waals surface area contributed by atoms with E-state index in [1.165, 1.54) is 12.1 Å². The van der Waals surface area contributed by atoms with Gasteiger partial charge in [-0.05, 0) is 53.0 Å². The molecular formula is C8H4Cl4O2. The average Bonchev–Trinajstić information content (AvgIpc) is 2.01. The largest absolute Gasteiger partial charge is 0.411 e. The standard InChI is InChI=1S/C8H4Cl4O2/c9-6-3-1-2-5(4-6)7(13)14-8(10,11)12/h1-4H. The summed E-state index contributed by atoms with van der Waals surface area (Å²) in [7, 11) is 0. The number of alkyl halides is 3. The second-order valence-corrected chi connectivity index (χ2v) is 4.96. The van der Waals surface area contributed by atoms with Crippen molar-refractivity contribution in [3.8, 4) is 0 Å². The summed E-state index contributed by atoms with van der Waals surface area (Å²) in [5, 5.41) is 0.406. The third-order valence-corrected chi connectivity index (χ3v) is 1.74. The van der Waals surface area contributed by atoms with E-state index in [1.807, 2.05) is 0 Å². The summed E-state index contributed by atoms with van der Waals surface area (Å²) in [6.07, 6.45) is 0. The fourth-order valence-electron chi connectivity index (χ4n) is 0.779. The summed E-state index contributed by atoms with van der Waals surface area (Å²) in [5.41, 5.74) is 0.226. The second kappa shape index (κ2) is 4.58. The first-order valence-electron chi connectivity index (χ1n) is 3.44. The number of hydrogen-bond donors (Lipinski definition) is 0. The first-order chi connectivity index (χ1) is 6.38. The first kappa shape index (κ1) is 11.9. The third kappa shape index (κ3) is 3.93. The molecule has 1 rings (SSSR count). The van der Waals surface area contributed by atoms with E-state index in [2.05, 4.69) is 4.74 Å². The molecule has 0 aliphatic carbocycles. The molecule has 0 bridgehead atoms. The highest BCUT2D eigenvalue weighted by atomic mass is 35.6. The van der Waals surface area contributed by atoms with Gasteiger partial charge in [0.1, 0.15) is 0 Å². The van der Waals surface area contributed by atoms with Gasteiger partial charge < -0.3 is 4.74 Å². The Morgan fingerprint density at radius 3 is 2.43 bits per heavy atom. The van der Waals surface area contributed by atoms with Crippen LogP contribution in [0.15, 0.2) is 24.3 Å². The van der Waals surface area contributed by atoms with Crippen molar-refractivity contribution < 1.29 is 9.53 Å². The van der Waals surface area contributed by atoms with Crippen molar-refractivity contribution in [2.24, 2.45) is 0 Å². The van der Waals surface area contributed by atoms with E-state index in [4.69, 9.17) is 46.4 Å². The maximum atomic E-state index is 11.3. The molecule has 1 aromatic rings. The van der Waals surface area contributed by atoms with Crippen molar-refractivity contribution in [2.45, 2.75) is 3.98 Å². The predicted molar refractivity (Wildman–Crippen MR) is 57.2 cm³/mol. The number of carbonyl (C=O) groups is 1. The van der Waals surface area contributed by atoms with Gasteiger partial charge in [0.05, 0.1) is 5.56 Å². The molecule has 0 heterocycles. The van der Waals surface area contributed by atoms with Crippen molar-refractivity contribution in [3.63, 3.8) is 0 Å². The lowest BCUT2D eigenvalue weighted by molar-refractivity contribution is 0.0491. The van der Waals surface area contributed by atoms with Gasteiger partial charge in [-0.2, -0.15) is 0 Å². The lowest BCUT2D eigenvalue weighted by Crippen LogP contribution is -2.15. The van der Waals surface area contributed by atoms with Gasteiger partial charge in [0.15, 0.2) is 0 Å². The fourth-order valence-corrected chi connectivity index (χ4v) is 1.18. The smallest absolute Gasteiger partial charge is 0.341 e. The zero-order valence-electron chi connectivity index (χ0n) is 6.64. The predicted octanol–water partition coefficient (Wildman–Crippen LogP) is 3.82. The zero-order valence-corrected chi connectivity index (χ0v) is 9.66. The summed E-state index contributed by atoms with van der Waals surface area (Å²) in [6, 6.07) is 6.13. The number of benzene rings is 1. The van der Waals surface area contributed by atoms with Gasteiger partial charge in [-0.15, -0.1) is 0 Å². The van der Waals surface area contributed by atoms with Gasteiger partial charge in [-0.1, -0.05) is 17.7 Å². The number of rotatable bonds is 1. The fraction of sp³-hybridized carbons (Fsp3) is 0.125. The number of halogens is 4. The van der Waals surface area contributed by atoms with E-state index < -0.39 is 9.95 Å². The van der Waals surface area contributed by atoms with Crippen LogP contribution in [0, 0.1) is 0 Å². The van der Waals surface area contributed by atoms with E-state index in [9.17, 15) is 4.79 Å². The van der Waals surface area contributed by atoms with Crippen LogP contribution in [-0.4, -0.2) is 9.95 Å². The SMILES string of the molecule is O=C(OC(Cl)(Cl)Cl)c1cccc(Cl)c1. The quantitative estimate of drug-likeness (QED) is 0.574. The summed E-state index contributed by atoms with van der Waals surface area (Å²) in [5.74, 6) is -0.743. The van der Waals surface area contributed by atoms with Gasteiger partial charge in [-0.3, -0.25) is 0 Å². The molecule has 6 heteroatoms. The molecule has 76 valence electrons. The Kier molecular flexibility index (Phi) is 3.90. The van der Waals surface area contributed by atoms with E-state index in [0.717, 1.165) is 0 Å². The van der Waals surface area contributed by atoms with Crippen molar-refractivity contribution in [3.05, 3.63) is 34.9 Å². The van der Waals surface area contributed by atoms with Gasteiger partial charge in [0.25, 0.3) is 0 Å². The molecular weight excluding hydrogens is 270 g/mol. The van der Waals surface area contributed by atoms with Crippen LogP contribution in [0.3, 0.4) is 0 Å². The Morgan fingerprint density at radius 2 is 1.93 bits per heavy atom. The lowest BCUT2D eigenvalue weighted by Gasteiger charge is -2.11. The molecule has 0 radical (unpaired) electrons. The molecule has 0 N–H and O–H groups in total. The highest BCUT2D eigenvalue weighted by Crippen LogP contribution is 2.28. The molecule has 0 atom stereocenters. The summed E-state index contributed by atoms with van der Waals surface area (Å²) >= 11 is 21.5. The van der Waals surface area contributed by atoms with Crippen LogP contribution < -0.4 is 0 Å². The van der Waals surface area contributed by atoms with Gasteiger partial charge in [-0.25, -0.2) is 4.79 Å². The number of hydrogen-bond acceptors (Lipinski definition) is 2. The molecule has 0 aliphatic rings. The minimum absolute atomic E-state index is 0.226. The van der Waals surface area contributed by atoms with E-state index in [0.29, 0.717) is 5.02 Å². The van der Waals surface area contributed by atoms with Crippen LogP contribution in [0.25, 0.3) is 0 Å². The first-order valence-corrected chi connectivity index (χ1v) is 4.95. The van der Waals surface area contributed by atoms with Crippen molar-refractivity contribution in [2.75, 3.05) is 0 Å². The zero-order chi connectivity index (χ0) is 10.8. The summed E-state index contributed by atoms with van der Waals surface area (Å²) < 4.78 is 2.42. The van der Waals surface area contributed by atoms with Crippen molar-refractivity contribution in [1.82, 2.24) is 0 Å². The second-order valence-electron chi connectivity index (χ2n) is 2.35. The van der Waals surface area contributed by atoms with Crippen LogP contribution >= 0.6 is 46.4 Å². The Hall–Kier alpha value is -0.150. The van der Waals surface area contributed by atoms with Gasteiger partial charge in [0.2, 0.25) is 0 Å². The minimum Gasteiger partial charge on any atom is -0.411 e. The number of ether oxygens (including phenoxy) is 1. The van der Waals surface area contributed by atoms with Crippen molar-refractivity contribution in [1.29, 1.82) is 0 Å². The van der Waals surface area contributed by atoms with E-state index >= 15 is 0 Å². The molecule has 2 nitrogen and oxygen atoms in total. The monoisotopic (exact) mass is 272 g/mol. The molecule has 1 aromatic carbocycles. The summed E-state index contributed by atoms with van der Waals surface area (Å²) in [6.45, 7) is 0. The molecule has 0 aromatic heterocycles. The normalized spacial score (nSPS) is 11.1. The number of carbonyl (C=O) groups excluding carboxylic acids is 1. The minimum atomic E-state index is -2.06. The van der Waals surface area contributed by atoms with Gasteiger partial charge >= 0.3 is 9.95 Å². The van der Waals surface area contributed by atoms with E-state index in [-0.39, 0.29) is 5.56 Å². The molecule has 0 amide bonds. The topological polar surface area (TPSA) is 26.3 Å². The molecule has 0 fully saturated rings. The molecule has 0 saturated heterocycles. The van der Waals surface area contributed by atoms with Crippen molar-refractivity contribution >= 4 is 52.4 Å². The van der Waals surface area contributed by atoms with Crippen LogP contribution in [0.1, 0.15) is 10.4 Å². The van der Waals surface area contributed by atoms with Gasteiger partial charge in [0, 0.05) is 5.02 Å². The Balaban J connectivity index is 2.80. The Labute approximate surface area is 101 Å². The highest BCUT2D eigenvalue weighted by molar-refractivity contribution is 6.66. The van der Waals surface area contributed by atoms with E-state index in [1.54, 1.807) is 12.1 Å². The third-order valence-electron chi connectivity index (χ3n) is 1.27. The molecule has 0 aliphatic heterocycles. The average molecular weight is 274 g/mol. The molecule has 0 spiro atoms. The molecule has 14 heavy (non-hydrogen) atoms. The lowest BCUT2D eigenvalue weighted by atomic mass is 10.2. The molecule has 0 saturated carbocycles. The van der Waals surface area contributed by atoms with Crippen LogP contribution in [0.2, 0.25) is 5.02 Å². The highest BCUT2D eigenvalue weighted by Gasteiger charge is 2.25. The van der Waals surface area contributed by atoms with Crippen LogP contribution in [-0.2, 0) is 4.74 Å².